The second kappa shape index (κ2) is 12.8. The summed E-state index contributed by atoms with van der Waals surface area (Å²) in [6.45, 7) is 0.293. The predicted octanol–water partition coefficient (Wildman–Crippen LogP) is 4.16. The third kappa shape index (κ3) is 7.33. The summed E-state index contributed by atoms with van der Waals surface area (Å²) in [6.07, 6.45) is 4.03. The first-order valence-corrected chi connectivity index (χ1v) is 12.4. The number of hydrogen-bond donors (Lipinski definition) is 3. The molecule has 0 radical (unpaired) electrons. The number of carbonyl (C=O) groups is 3. The minimum absolute atomic E-state index is 0.285. The van der Waals surface area contributed by atoms with Crippen molar-refractivity contribution in [1.29, 1.82) is 0 Å². The van der Waals surface area contributed by atoms with E-state index in [0.29, 0.717) is 40.6 Å². The lowest BCUT2D eigenvalue weighted by Crippen LogP contribution is -2.44. The van der Waals surface area contributed by atoms with Crippen LogP contribution in [0, 0.1) is 0 Å². The molecule has 7 nitrogen and oxygen atoms in total. The van der Waals surface area contributed by atoms with Gasteiger partial charge in [0.25, 0.3) is 11.8 Å². The summed E-state index contributed by atoms with van der Waals surface area (Å²) in [5.41, 5.74) is 1.90. The highest BCUT2D eigenvalue weighted by atomic mass is 35.5. The van der Waals surface area contributed by atoms with Crippen LogP contribution in [0.4, 0.5) is 5.69 Å². The SMILES string of the molecule is CSCCC(NC(=O)c1ccccc1Cl)C(=O)Nc1cccc(C(=O)NCc2ccccn2)c1. The Morgan fingerprint density at radius 2 is 1.79 bits per heavy atom. The molecule has 0 aliphatic carbocycles. The van der Waals surface area contributed by atoms with E-state index in [9.17, 15) is 14.4 Å². The van der Waals surface area contributed by atoms with Crippen LogP contribution in [-0.2, 0) is 11.3 Å². The Labute approximate surface area is 207 Å². The molecule has 3 amide bonds. The molecule has 0 aliphatic rings. The van der Waals surface area contributed by atoms with Gasteiger partial charge >= 0.3 is 0 Å². The van der Waals surface area contributed by atoms with Gasteiger partial charge in [-0.15, -0.1) is 0 Å². The number of rotatable bonds is 10. The molecule has 176 valence electrons. The van der Waals surface area contributed by atoms with Crippen molar-refractivity contribution < 1.29 is 14.4 Å². The lowest BCUT2D eigenvalue weighted by molar-refractivity contribution is -0.118. The molecule has 0 spiro atoms. The fraction of sp³-hybridized carbons (Fsp3) is 0.200. The van der Waals surface area contributed by atoms with Crippen molar-refractivity contribution in [3.8, 4) is 0 Å². The molecule has 0 saturated heterocycles. The van der Waals surface area contributed by atoms with Gasteiger partial charge < -0.3 is 16.0 Å². The van der Waals surface area contributed by atoms with Gasteiger partial charge in [0.15, 0.2) is 0 Å². The molecule has 3 N–H and O–H groups in total. The predicted molar refractivity (Wildman–Crippen MR) is 136 cm³/mol. The van der Waals surface area contributed by atoms with Gasteiger partial charge in [-0.25, -0.2) is 0 Å². The minimum Gasteiger partial charge on any atom is -0.346 e. The molecular formula is C25H25ClN4O3S. The highest BCUT2D eigenvalue weighted by molar-refractivity contribution is 7.98. The number of nitrogens with one attached hydrogen (secondary N) is 3. The molecule has 1 aromatic heterocycles. The second-order valence-corrected chi connectivity index (χ2v) is 8.75. The maximum Gasteiger partial charge on any atom is 0.253 e. The third-order valence-electron chi connectivity index (χ3n) is 4.90. The van der Waals surface area contributed by atoms with E-state index in [1.54, 1.807) is 72.6 Å². The van der Waals surface area contributed by atoms with Crippen LogP contribution in [0.1, 0.15) is 32.8 Å². The average molecular weight is 497 g/mol. The van der Waals surface area contributed by atoms with Crippen molar-refractivity contribution in [2.75, 3.05) is 17.3 Å². The van der Waals surface area contributed by atoms with E-state index in [4.69, 9.17) is 11.6 Å². The molecular weight excluding hydrogens is 472 g/mol. The first-order chi connectivity index (χ1) is 16.5. The molecule has 0 bridgehead atoms. The summed E-state index contributed by atoms with van der Waals surface area (Å²) in [5, 5.41) is 8.70. The summed E-state index contributed by atoms with van der Waals surface area (Å²) < 4.78 is 0. The van der Waals surface area contributed by atoms with Gasteiger partial charge in [0.05, 0.1) is 22.8 Å². The van der Waals surface area contributed by atoms with E-state index in [1.165, 1.54) is 0 Å². The Balaban J connectivity index is 1.65. The number of aromatic nitrogens is 1. The van der Waals surface area contributed by atoms with Crippen molar-refractivity contribution in [2.45, 2.75) is 19.0 Å². The Bertz CT molecular complexity index is 1140. The molecule has 34 heavy (non-hydrogen) atoms. The van der Waals surface area contributed by atoms with Crippen LogP contribution in [0.2, 0.25) is 5.02 Å². The summed E-state index contributed by atoms with van der Waals surface area (Å²) >= 11 is 7.70. The van der Waals surface area contributed by atoms with E-state index in [1.807, 2.05) is 18.4 Å². The normalized spacial score (nSPS) is 11.4. The number of halogens is 1. The van der Waals surface area contributed by atoms with E-state index in [0.717, 1.165) is 5.69 Å². The van der Waals surface area contributed by atoms with Gasteiger partial charge in [-0.05, 0) is 60.9 Å². The van der Waals surface area contributed by atoms with Gasteiger partial charge in [-0.3, -0.25) is 19.4 Å². The fourth-order valence-corrected chi connectivity index (χ4v) is 3.82. The van der Waals surface area contributed by atoms with Crippen molar-refractivity contribution in [3.63, 3.8) is 0 Å². The molecule has 3 rings (SSSR count). The van der Waals surface area contributed by atoms with E-state index < -0.39 is 11.9 Å². The standard InChI is InChI=1S/C25H25ClN4O3S/c1-34-14-12-22(30-24(32)20-10-2-3-11-21(20)26)25(33)29-18-9-6-7-17(15-18)23(31)28-16-19-8-4-5-13-27-19/h2-11,13,15,22H,12,14,16H2,1H3,(H,28,31)(H,29,33)(H,30,32). The number of amides is 3. The Morgan fingerprint density at radius 3 is 2.53 bits per heavy atom. The number of benzene rings is 2. The second-order valence-electron chi connectivity index (χ2n) is 7.36. The maximum atomic E-state index is 13.0. The lowest BCUT2D eigenvalue weighted by Gasteiger charge is -2.19. The molecule has 1 heterocycles. The quantitative estimate of drug-likeness (QED) is 0.391. The highest BCUT2D eigenvalue weighted by Crippen LogP contribution is 2.16. The Morgan fingerprint density at radius 1 is 1.00 bits per heavy atom. The fourth-order valence-electron chi connectivity index (χ4n) is 3.13. The number of carbonyl (C=O) groups excluding carboxylic acids is 3. The Hall–Kier alpha value is -3.36. The molecule has 0 aliphatic heterocycles. The lowest BCUT2D eigenvalue weighted by atomic mass is 10.1. The zero-order valence-electron chi connectivity index (χ0n) is 18.6. The summed E-state index contributed by atoms with van der Waals surface area (Å²) in [4.78, 5) is 42.4. The van der Waals surface area contributed by atoms with Gasteiger partial charge in [0.2, 0.25) is 5.91 Å². The molecule has 1 atom stereocenters. The van der Waals surface area contributed by atoms with Crippen LogP contribution < -0.4 is 16.0 Å². The van der Waals surface area contributed by atoms with E-state index in [2.05, 4.69) is 20.9 Å². The zero-order chi connectivity index (χ0) is 24.3. The van der Waals surface area contributed by atoms with Crippen LogP contribution in [0.5, 0.6) is 0 Å². The third-order valence-corrected chi connectivity index (χ3v) is 5.87. The summed E-state index contributed by atoms with van der Waals surface area (Å²) in [6, 6.07) is 18.0. The van der Waals surface area contributed by atoms with E-state index in [-0.39, 0.29) is 11.8 Å². The van der Waals surface area contributed by atoms with Gasteiger partial charge in [0, 0.05) is 17.4 Å². The summed E-state index contributed by atoms with van der Waals surface area (Å²) in [7, 11) is 0. The maximum absolute atomic E-state index is 13.0. The van der Waals surface area contributed by atoms with Crippen molar-refractivity contribution >= 4 is 46.8 Å². The van der Waals surface area contributed by atoms with Gasteiger partial charge in [-0.1, -0.05) is 35.9 Å². The van der Waals surface area contributed by atoms with Crippen molar-refractivity contribution in [3.05, 3.63) is 94.8 Å². The van der Waals surface area contributed by atoms with Gasteiger partial charge in [0.1, 0.15) is 6.04 Å². The van der Waals surface area contributed by atoms with Crippen molar-refractivity contribution in [1.82, 2.24) is 15.6 Å². The molecule has 2 aromatic carbocycles. The first kappa shape index (κ1) is 25.3. The van der Waals surface area contributed by atoms with Crippen molar-refractivity contribution in [2.24, 2.45) is 0 Å². The number of anilines is 1. The van der Waals surface area contributed by atoms with Crippen LogP contribution in [0.3, 0.4) is 0 Å². The highest BCUT2D eigenvalue weighted by Gasteiger charge is 2.22. The van der Waals surface area contributed by atoms with Crippen LogP contribution >= 0.6 is 23.4 Å². The number of nitrogens with zero attached hydrogens (tertiary/aromatic N) is 1. The minimum atomic E-state index is -0.766. The zero-order valence-corrected chi connectivity index (χ0v) is 20.2. The van der Waals surface area contributed by atoms with E-state index >= 15 is 0 Å². The smallest absolute Gasteiger partial charge is 0.253 e. The molecule has 9 heteroatoms. The topological polar surface area (TPSA) is 100 Å². The molecule has 1 unspecified atom stereocenters. The monoisotopic (exact) mass is 496 g/mol. The van der Waals surface area contributed by atoms with Crippen LogP contribution in [-0.4, -0.2) is 40.8 Å². The van der Waals surface area contributed by atoms with Crippen LogP contribution in [0.15, 0.2) is 72.9 Å². The largest absolute Gasteiger partial charge is 0.346 e. The number of pyridine rings is 1. The first-order valence-electron chi connectivity index (χ1n) is 10.6. The number of hydrogen-bond acceptors (Lipinski definition) is 5. The summed E-state index contributed by atoms with van der Waals surface area (Å²) in [5.74, 6) is -0.403. The average Bonchev–Trinajstić information content (AvgIpc) is 2.86. The van der Waals surface area contributed by atoms with Gasteiger partial charge in [-0.2, -0.15) is 11.8 Å². The molecule has 0 fully saturated rings. The Kier molecular flexibility index (Phi) is 9.49. The van der Waals surface area contributed by atoms with Crippen LogP contribution in [0.25, 0.3) is 0 Å². The molecule has 3 aromatic rings. The molecule has 0 saturated carbocycles. The number of thioether (sulfide) groups is 1.